The molecule has 4 atom stereocenters. The molecule has 4 amide bonds. The Balaban J connectivity index is 1.40. The summed E-state index contributed by atoms with van der Waals surface area (Å²) in [5.74, 6) is 0.670. The van der Waals surface area contributed by atoms with Gasteiger partial charge in [-0.05, 0) is 38.0 Å². The molecule has 3 saturated heterocycles. The largest absolute Gasteiger partial charge is 0.328 e. The first-order chi connectivity index (χ1) is 13.1. The van der Waals surface area contributed by atoms with Gasteiger partial charge in [0, 0.05) is 31.9 Å². The van der Waals surface area contributed by atoms with Crippen LogP contribution in [0.3, 0.4) is 0 Å². The van der Waals surface area contributed by atoms with Crippen LogP contribution in [0, 0.1) is 5.92 Å². The van der Waals surface area contributed by atoms with E-state index in [9.17, 15) is 14.4 Å². The second-order valence-electron chi connectivity index (χ2n) is 8.26. The number of rotatable bonds is 2. The number of amides is 4. The number of piperidine rings is 1. The van der Waals surface area contributed by atoms with E-state index in [1.165, 1.54) is 11.3 Å². The molecule has 0 bridgehead atoms. The highest BCUT2D eigenvalue weighted by atomic mass is 16.2. The van der Waals surface area contributed by atoms with Gasteiger partial charge in [-0.1, -0.05) is 12.8 Å². The molecule has 1 aromatic rings. The Labute approximate surface area is 158 Å². The number of nitrogens with zero attached hydrogens (tertiary/aromatic N) is 5. The molecule has 0 spiro atoms. The summed E-state index contributed by atoms with van der Waals surface area (Å²) in [5.41, 5.74) is 0. The van der Waals surface area contributed by atoms with Crippen molar-refractivity contribution in [2.24, 2.45) is 13.0 Å². The molecular weight excluding hydrogens is 346 g/mol. The topological polar surface area (TPSA) is 78.8 Å². The first-order valence-electron chi connectivity index (χ1n) is 10.0. The highest BCUT2D eigenvalue weighted by molar-refractivity contribution is 6.10. The lowest BCUT2D eigenvalue weighted by molar-refractivity contribution is -0.136. The van der Waals surface area contributed by atoms with Crippen molar-refractivity contribution in [1.29, 1.82) is 0 Å². The monoisotopic (exact) mass is 371 g/mol. The molecule has 5 rings (SSSR count). The minimum Gasteiger partial charge on any atom is -0.309 e. The molecular formula is C19H25N5O3. The van der Waals surface area contributed by atoms with Crippen LogP contribution in [-0.2, 0) is 16.6 Å². The first kappa shape index (κ1) is 16.8. The van der Waals surface area contributed by atoms with Crippen LogP contribution < -0.4 is 4.90 Å². The predicted molar refractivity (Wildman–Crippen MR) is 96.8 cm³/mol. The Bertz CT molecular complexity index is 805. The SMILES string of the molecule is Cn1ccc(N2CCCC(N3C(=O)C4CC5CCCCC5N4C3=O)C2=O)n1. The Hall–Kier alpha value is -2.38. The fourth-order valence-electron chi connectivity index (χ4n) is 5.49. The second kappa shape index (κ2) is 6.07. The molecule has 3 aliphatic heterocycles. The third-order valence-electron chi connectivity index (χ3n) is 6.74. The van der Waals surface area contributed by atoms with Crippen molar-refractivity contribution >= 4 is 23.7 Å². The van der Waals surface area contributed by atoms with Gasteiger partial charge in [0.2, 0.25) is 0 Å². The summed E-state index contributed by atoms with van der Waals surface area (Å²) in [6, 6.07) is 0.659. The third kappa shape index (κ3) is 2.41. The minimum absolute atomic E-state index is 0.171. The number of fused-ring (bicyclic) bond motifs is 3. The third-order valence-corrected chi connectivity index (χ3v) is 6.74. The van der Waals surface area contributed by atoms with Gasteiger partial charge in [-0.2, -0.15) is 5.10 Å². The van der Waals surface area contributed by atoms with Gasteiger partial charge in [0.15, 0.2) is 5.82 Å². The molecule has 1 aliphatic carbocycles. The first-order valence-corrected chi connectivity index (χ1v) is 10.0. The van der Waals surface area contributed by atoms with Crippen LogP contribution >= 0.6 is 0 Å². The molecule has 4 fully saturated rings. The van der Waals surface area contributed by atoms with E-state index in [0.717, 1.165) is 32.1 Å². The molecule has 27 heavy (non-hydrogen) atoms. The second-order valence-corrected chi connectivity index (χ2v) is 8.26. The van der Waals surface area contributed by atoms with Gasteiger partial charge in [-0.15, -0.1) is 0 Å². The zero-order chi connectivity index (χ0) is 18.7. The lowest BCUT2D eigenvalue weighted by Gasteiger charge is -2.36. The van der Waals surface area contributed by atoms with Crippen molar-refractivity contribution in [3.63, 3.8) is 0 Å². The summed E-state index contributed by atoms with van der Waals surface area (Å²) in [6.07, 6.45) is 8.22. The van der Waals surface area contributed by atoms with E-state index in [1.54, 1.807) is 33.8 Å². The maximum atomic E-state index is 13.2. The summed E-state index contributed by atoms with van der Waals surface area (Å²) in [6.45, 7) is 0.570. The smallest absolute Gasteiger partial charge is 0.309 e. The molecule has 4 unspecified atom stereocenters. The van der Waals surface area contributed by atoms with Crippen molar-refractivity contribution in [2.75, 3.05) is 11.4 Å². The van der Waals surface area contributed by atoms with Crippen LogP contribution in [-0.4, -0.2) is 62.1 Å². The lowest BCUT2D eigenvalue weighted by atomic mass is 9.84. The van der Waals surface area contributed by atoms with E-state index in [4.69, 9.17) is 0 Å². The molecule has 0 N–H and O–H groups in total. The van der Waals surface area contributed by atoms with Gasteiger partial charge in [0.1, 0.15) is 12.1 Å². The average molecular weight is 371 g/mol. The molecule has 144 valence electrons. The van der Waals surface area contributed by atoms with E-state index in [0.29, 0.717) is 24.7 Å². The number of carbonyl (C=O) groups excluding carboxylic acids is 3. The Morgan fingerprint density at radius 1 is 1.00 bits per heavy atom. The van der Waals surface area contributed by atoms with Gasteiger partial charge in [-0.25, -0.2) is 9.69 Å². The summed E-state index contributed by atoms with van der Waals surface area (Å²) >= 11 is 0. The van der Waals surface area contributed by atoms with Crippen molar-refractivity contribution in [3.05, 3.63) is 12.3 Å². The van der Waals surface area contributed by atoms with E-state index in [2.05, 4.69) is 5.10 Å². The lowest BCUT2D eigenvalue weighted by Crippen LogP contribution is -2.55. The number of carbonyl (C=O) groups is 3. The van der Waals surface area contributed by atoms with Crippen molar-refractivity contribution in [2.45, 2.75) is 63.1 Å². The Morgan fingerprint density at radius 3 is 2.59 bits per heavy atom. The highest BCUT2D eigenvalue weighted by Crippen LogP contribution is 2.44. The zero-order valence-electron chi connectivity index (χ0n) is 15.6. The maximum Gasteiger partial charge on any atom is 0.328 e. The van der Waals surface area contributed by atoms with Crippen LogP contribution in [0.15, 0.2) is 12.3 Å². The van der Waals surface area contributed by atoms with Crippen LogP contribution in [0.4, 0.5) is 10.6 Å². The van der Waals surface area contributed by atoms with Gasteiger partial charge in [-0.3, -0.25) is 19.2 Å². The number of anilines is 1. The molecule has 4 heterocycles. The van der Waals surface area contributed by atoms with Crippen LogP contribution in [0.25, 0.3) is 0 Å². The fraction of sp³-hybridized carbons (Fsp3) is 0.684. The summed E-state index contributed by atoms with van der Waals surface area (Å²) in [7, 11) is 1.80. The molecule has 8 nitrogen and oxygen atoms in total. The van der Waals surface area contributed by atoms with Crippen molar-refractivity contribution in [3.8, 4) is 0 Å². The quantitative estimate of drug-likeness (QED) is 0.738. The molecule has 0 aromatic carbocycles. The van der Waals surface area contributed by atoms with Crippen LogP contribution in [0.5, 0.6) is 0 Å². The van der Waals surface area contributed by atoms with Crippen molar-refractivity contribution < 1.29 is 14.4 Å². The number of urea groups is 1. The minimum atomic E-state index is -0.701. The van der Waals surface area contributed by atoms with Gasteiger partial charge >= 0.3 is 6.03 Å². The summed E-state index contributed by atoms with van der Waals surface area (Å²) < 4.78 is 1.65. The number of aromatic nitrogens is 2. The maximum absolute atomic E-state index is 13.2. The van der Waals surface area contributed by atoms with Crippen LogP contribution in [0.1, 0.15) is 44.9 Å². The normalized spacial score (nSPS) is 33.7. The number of imide groups is 1. The van der Waals surface area contributed by atoms with E-state index < -0.39 is 6.04 Å². The summed E-state index contributed by atoms with van der Waals surface area (Å²) in [4.78, 5) is 44.1. The van der Waals surface area contributed by atoms with Gasteiger partial charge in [0.25, 0.3) is 11.8 Å². The zero-order valence-corrected chi connectivity index (χ0v) is 15.6. The fourth-order valence-corrected chi connectivity index (χ4v) is 5.49. The average Bonchev–Trinajstić information content (AvgIpc) is 3.32. The highest BCUT2D eigenvalue weighted by Gasteiger charge is 2.58. The Kier molecular flexibility index (Phi) is 3.77. The summed E-state index contributed by atoms with van der Waals surface area (Å²) in [5, 5.41) is 4.32. The number of hydrogen-bond acceptors (Lipinski definition) is 4. The number of aryl methyl sites for hydroxylation is 1. The van der Waals surface area contributed by atoms with Gasteiger partial charge < -0.3 is 4.90 Å². The molecule has 1 aromatic heterocycles. The molecule has 1 saturated carbocycles. The standard InChI is InChI=1S/C19H25N5O3/c1-21-10-8-16(20-21)22-9-4-7-14(17(22)25)24-18(26)15-11-12-5-2-3-6-13(12)23(15)19(24)27/h8,10,12-15H,2-7,9,11H2,1H3. The van der Waals surface area contributed by atoms with Crippen molar-refractivity contribution in [1.82, 2.24) is 19.6 Å². The van der Waals surface area contributed by atoms with E-state index in [-0.39, 0.29) is 29.9 Å². The molecule has 4 aliphatic rings. The van der Waals surface area contributed by atoms with Gasteiger partial charge in [0.05, 0.1) is 0 Å². The molecule has 8 heteroatoms. The Morgan fingerprint density at radius 2 is 1.81 bits per heavy atom. The molecule has 0 radical (unpaired) electrons. The van der Waals surface area contributed by atoms with E-state index >= 15 is 0 Å². The van der Waals surface area contributed by atoms with Crippen LogP contribution in [0.2, 0.25) is 0 Å². The van der Waals surface area contributed by atoms with E-state index in [1.807, 2.05) is 0 Å². The predicted octanol–water partition coefficient (Wildman–Crippen LogP) is 1.51. The number of hydrogen-bond donors (Lipinski definition) is 0.